The van der Waals surface area contributed by atoms with Crippen LogP contribution in [0.2, 0.25) is 0 Å². The number of ether oxygens (including phenoxy) is 3. The van der Waals surface area contributed by atoms with Gasteiger partial charge in [-0.25, -0.2) is 8.98 Å². The van der Waals surface area contributed by atoms with Crippen LogP contribution in [0, 0.1) is 0 Å². The molecular weight excluding hydrogens is 478 g/mol. The van der Waals surface area contributed by atoms with E-state index in [1.165, 1.54) is 4.72 Å². The molecule has 0 aliphatic carbocycles. The number of carboxylic acids is 1. The van der Waals surface area contributed by atoms with Crippen molar-refractivity contribution < 1.29 is 74.7 Å². The lowest BCUT2D eigenvalue weighted by atomic mass is 9.97. The second-order valence-electron chi connectivity index (χ2n) is 6.29. The van der Waals surface area contributed by atoms with E-state index in [1.807, 2.05) is 0 Å². The van der Waals surface area contributed by atoms with Gasteiger partial charge in [-0.1, -0.05) is 0 Å². The summed E-state index contributed by atoms with van der Waals surface area (Å²) >= 11 is 0. The van der Waals surface area contributed by atoms with Gasteiger partial charge in [0.2, 0.25) is 12.0 Å². The molecule has 0 spiro atoms. The first-order valence-electron chi connectivity index (χ1n) is 8.10. The number of rotatable bonds is 8. The maximum Gasteiger partial charge on any atom is 0.397 e. The number of carbonyl (C=O) groups is 1. The van der Waals surface area contributed by atoms with Gasteiger partial charge in [0.05, 0.1) is 6.61 Å². The van der Waals surface area contributed by atoms with Crippen molar-refractivity contribution in [1.82, 2.24) is 4.72 Å². The number of nitrogens with one attached hydrogen (secondary N) is 1. The van der Waals surface area contributed by atoms with Crippen LogP contribution in [0.4, 0.5) is 0 Å². The molecule has 8 atom stereocenters. The van der Waals surface area contributed by atoms with Crippen LogP contribution in [-0.2, 0) is 43.9 Å². The molecule has 0 aromatic rings. The normalized spacial score (nSPS) is 37.0. The summed E-state index contributed by atoms with van der Waals surface area (Å²) in [5, 5.41) is 49.0. The average Bonchev–Trinajstić information content (AvgIpc) is 2.61. The zero-order valence-corrected chi connectivity index (χ0v) is 16.7. The van der Waals surface area contributed by atoms with Crippen LogP contribution in [-0.4, -0.2) is 113 Å². The molecule has 1 saturated heterocycles. The Morgan fingerprint density at radius 2 is 1.71 bits per heavy atom. The summed E-state index contributed by atoms with van der Waals surface area (Å²) < 4.78 is 81.8. The van der Waals surface area contributed by atoms with Crippen molar-refractivity contribution in [3.8, 4) is 0 Å². The highest BCUT2D eigenvalue weighted by Gasteiger charge is 2.50. The van der Waals surface area contributed by atoms with E-state index in [1.54, 1.807) is 0 Å². The minimum Gasteiger partial charge on any atom is -0.475 e. The highest BCUT2D eigenvalue weighted by atomic mass is 32.3. The van der Waals surface area contributed by atoms with Gasteiger partial charge in [-0.05, 0) is 6.08 Å². The van der Waals surface area contributed by atoms with Gasteiger partial charge in [-0.3, -0.25) is 9.11 Å². The molecule has 17 nitrogen and oxygen atoms in total. The van der Waals surface area contributed by atoms with Crippen molar-refractivity contribution in [3.63, 3.8) is 0 Å². The summed E-state index contributed by atoms with van der Waals surface area (Å²) in [5.74, 6) is -2.54. The number of aliphatic carboxylic acids is 1. The van der Waals surface area contributed by atoms with Gasteiger partial charge in [0.15, 0.2) is 6.29 Å². The summed E-state index contributed by atoms with van der Waals surface area (Å²) in [6.07, 6.45) is -13.3. The molecular formula is C12H19NO16S2. The molecule has 2 rings (SSSR count). The molecule has 0 amide bonds. The Morgan fingerprint density at radius 3 is 2.23 bits per heavy atom. The molecule has 0 aromatic heterocycles. The highest BCUT2D eigenvalue weighted by Crippen LogP contribution is 2.28. The quantitative estimate of drug-likeness (QED) is 0.146. The van der Waals surface area contributed by atoms with Gasteiger partial charge in [0.25, 0.3) is 0 Å². The van der Waals surface area contributed by atoms with Crippen LogP contribution in [0.25, 0.3) is 0 Å². The van der Waals surface area contributed by atoms with Crippen LogP contribution >= 0.6 is 0 Å². The monoisotopic (exact) mass is 497 g/mol. The third kappa shape index (κ3) is 7.00. The van der Waals surface area contributed by atoms with Gasteiger partial charge < -0.3 is 39.7 Å². The molecule has 31 heavy (non-hydrogen) atoms. The van der Waals surface area contributed by atoms with E-state index < -0.39 is 88.2 Å². The van der Waals surface area contributed by atoms with E-state index in [0.29, 0.717) is 6.08 Å². The lowest BCUT2D eigenvalue weighted by Gasteiger charge is -2.44. The lowest BCUT2D eigenvalue weighted by molar-refractivity contribution is -0.305. The molecule has 0 bridgehead atoms. The fraction of sp³-hybridized carbons (Fsp3) is 0.750. The molecule has 0 aromatic carbocycles. The molecule has 2 aliphatic rings. The van der Waals surface area contributed by atoms with E-state index in [0.717, 1.165) is 0 Å². The van der Waals surface area contributed by atoms with Gasteiger partial charge in [0.1, 0.15) is 36.6 Å². The molecule has 0 radical (unpaired) electrons. The topological polar surface area (TPSA) is 276 Å². The Kier molecular flexibility index (Phi) is 7.95. The summed E-state index contributed by atoms with van der Waals surface area (Å²) in [4.78, 5) is 11.1. The molecule has 1 fully saturated rings. The number of hydrogen-bond acceptors (Lipinski definition) is 13. The predicted octanol–water partition coefficient (Wildman–Crippen LogP) is -4.92. The van der Waals surface area contributed by atoms with E-state index in [9.17, 15) is 42.1 Å². The Balaban J connectivity index is 2.31. The maximum atomic E-state index is 11.1. The highest BCUT2D eigenvalue weighted by molar-refractivity contribution is 7.83. The van der Waals surface area contributed by atoms with Crippen LogP contribution < -0.4 is 4.72 Å². The lowest BCUT2D eigenvalue weighted by Crippen LogP contribution is -2.66. The first-order chi connectivity index (χ1) is 14.1. The predicted molar refractivity (Wildman–Crippen MR) is 90.3 cm³/mol. The van der Waals surface area contributed by atoms with Gasteiger partial charge >= 0.3 is 26.7 Å². The molecule has 0 saturated carbocycles. The Morgan fingerprint density at radius 1 is 1.10 bits per heavy atom. The molecule has 8 N–H and O–H groups in total. The van der Waals surface area contributed by atoms with E-state index in [2.05, 4.69) is 4.18 Å². The third-order valence-corrected chi connectivity index (χ3v) is 5.06. The summed E-state index contributed by atoms with van der Waals surface area (Å²) in [6.45, 7) is -1.12. The fourth-order valence-corrected chi connectivity index (χ4v) is 3.63. The third-order valence-electron chi connectivity index (χ3n) is 4.05. The number of aliphatic hydroxyl groups is 4. The van der Waals surface area contributed by atoms with E-state index in [4.69, 9.17) is 28.4 Å². The smallest absolute Gasteiger partial charge is 0.397 e. The van der Waals surface area contributed by atoms with E-state index >= 15 is 0 Å². The standard InChI is InChI=1S/C12H19NO16S2/c14-3-1-4(10(17)18)28-12(7(3)15)29-9-5(2-26-31(23,24)25)27-11(19)6(8(9)16)13-30(20,21)22/h1,3,5-9,11-16,19H,2H2,(H,17,18)(H,20,21,22)(H,23,24,25)/t3-,5-,6-,7+,8-,9-,11?,12-/m1/s1. The van der Waals surface area contributed by atoms with Crippen LogP contribution in [0.3, 0.4) is 0 Å². The summed E-state index contributed by atoms with van der Waals surface area (Å²) in [5.41, 5.74) is 0. The molecule has 180 valence electrons. The Hall–Kier alpha value is -1.49. The van der Waals surface area contributed by atoms with Gasteiger partial charge in [-0.15, -0.1) is 0 Å². The van der Waals surface area contributed by atoms with Gasteiger partial charge in [-0.2, -0.15) is 21.6 Å². The first-order valence-corrected chi connectivity index (χ1v) is 10.9. The van der Waals surface area contributed by atoms with Crippen molar-refractivity contribution >= 4 is 26.7 Å². The second kappa shape index (κ2) is 9.56. The summed E-state index contributed by atoms with van der Waals surface area (Å²) in [6, 6.07) is -2.01. The fourth-order valence-electron chi connectivity index (χ4n) is 2.72. The van der Waals surface area contributed by atoms with Crippen molar-refractivity contribution in [2.75, 3.05) is 6.61 Å². The first kappa shape index (κ1) is 25.8. The minimum atomic E-state index is -5.05. The Bertz CT molecular complexity index is 900. The van der Waals surface area contributed by atoms with Crippen LogP contribution in [0.15, 0.2) is 11.8 Å². The molecule has 2 heterocycles. The number of hydrogen-bond donors (Lipinski definition) is 8. The van der Waals surface area contributed by atoms with Crippen molar-refractivity contribution in [3.05, 3.63) is 11.8 Å². The van der Waals surface area contributed by atoms with Crippen LogP contribution in [0.5, 0.6) is 0 Å². The number of aliphatic hydroxyl groups excluding tert-OH is 4. The SMILES string of the molecule is O=C(O)C1=C[C@@H](O)[C@H](O)[C@@H](O[C@H]2[C@H](O)[C@@H](NS(=O)(=O)O)C(O)O[C@@H]2COS(=O)(=O)O)O1. The van der Waals surface area contributed by atoms with Crippen molar-refractivity contribution in [2.24, 2.45) is 0 Å². The van der Waals surface area contributed by atoms with Crippen molar-refractivity contribution in [1.29, 1.82) is 0 Å². The molecule has 1 unspecified atom stereocenters. The van der Waals surface area contributed by atoms with Crippen LogP contribution in [0.1, 0.15) is 0 Å². The van der Waals surface area contributed by atoms with Gasteiger partial charge in [0, 0.05) is 0 Å². The number of carboxylic acid groups (broad SMARTS) is 1. The molecule has 19 heteroatoms. The van der Waals surface area contributed by atoms with Crippen molar-refractivity contribution in [2.45, 2.75) is 49.1 Å². The Labute approximate surface area is 174 Å². The van der Waals surface area contributed by atoms with E-state index in [-0.39, 0.29) is 0 Å². The minimum absolute atomic E-state index is 0.631. The molecule has 2 aliphatic heterocycles. The largest absolute Gasteiger partial charge is 0.475 e. The summed E-state index contributed by atoms with van der Waals surface area (Å²) in [7, 11) is -10.1. The average molecular weight is 497 g/mol. The second-order valence-corrected chi connectivity index (χ2v) is 8.57. The zero-order chi connectivity index (χ0) is 23.7. The maximum absolute atomic E-state index is 11.1. The zero-order valence-electron chi connectivity index (χ0n) is 15.0.